The zero-order valence-corrected chi connectivity index (χ0v) is 12.5. The molecule has 1 aromatic carbocycles. The molecule has 3 rings (SSSR count). The maximum atomic E-state index is 11.9. The number of thiazole rings is 1. The van der Waals surface area contributed by atoms with E-state index < -0.39 is 0 Å². The average molecular weight is 298 g/mol. The van der Waals surface area contributed by atoms with Gasteiger partial charge in [0.15, 0.2) is 5.13 Å². The van der Waals surface area contributed by atoms with Crippen molar-refractivity contribution in [3.05, 3.63) is 53.5 Å². The number of carbonyl (C=O) groups is 1. The van der Waals surface area contributed by atoms with Gasteiger partial charge >= 0.3 is 0 Å². The quantitative estimate of drug-likeness (QED) is 0.739. The van der Waals surface area contributed by atoms with Crippen LogP contribution >= 0.6 is 11.3 Å². The van der Waals surface area contributed by atoms with Crippen molar-refractivity contribution < 1.29 is 9.21 Å². The van der Waals surface area contributed by atoms with Crippen molar-refractivity contribution in [2.75, 3.05) is 5.32 Å². The summed E-state index contributed by atoms with van der Waals surface area (Å²) in [5.74, 6) is 0.417. The minimum Gasteiger partial charge on any atom is -0.465 e. The fourth-order valence-electron chi connectivity index (χ4n) is 2.12. The Morgan fingerprint density at radius 3 is 3.00 bits per heavy atom. The summed E-state index contributed by atoms with van der Waals surface area (Å²) < 4.78 is 6.21. The zero-order valence-electron chi connectivity index (χ0n) is 11.7. The van der Waals surface area contributed by atoms with E-state index in [1.807, 2.05) is 6.92 Å². The van der Waals surface area contributed by atoms with Gasteiger partial charge in [0.2, 0.25) is 5.91 Å². The third-order valence-corrected chi connectivity index (χ3v) is 3.92. The Hall–Kier alpha value is -2.40. The van der Waals surface area contributed by atoms with Gasteiger partial charge in [-0.2, -0.15) is 0 Å². The molecule has 0 aliphatic carbocycles. The van der Waals surface area contributed by atoms with Crippen LogP contribution in [-0.2, 0) is 4.79 Å². The van der Waals surface area contributed by atoms with Gasteiger partial charge in [-0.1, -0.05) is 17.4 Å². The second-order valence-electron chi connectivity index (χ2n) is 4.79. The first-order chi connectivity index (χ1) is 10.1. The molecule has 0 fully saturated rings. The highest BCUT2D eigenvalue weighted by Gasteiger charge is 2.08. The largest absolute Gasteiger partial charge is 0.465 e. The molecule has 21 heavy (non-hydrogen) atoms. The van der Waals surface area contributed by atoms with E-state index in [1.54, 1.807) is 24.5 Å². The summed E-state index contributed by atoms with van der Waals surface area (Å²) in [6.07, 6.45) is 4.62. The molecule has 5 heteroatoms. The van der Waals surface area contributed by atoms with Crippen molar-refractivity contribution in [3.8, 4) is 0 Å². The summed E-state index contributed by atoms with van der Waals surface area (Å²) in [5, 5.41) is 3.38. The molecule has 0 saturated carbocycles. The summed E-state index contributed by atoms with van der Waals surface area (Å²) >= 11 is 1.48. The minimum absolute atomic E-state index is 0.222. The lowest BCUT2D eigenvalue weighted by atomic mass is 10.1. The number of carbonyl (C=O) groups excluding carboxylic acids is 1. The molecule has 0 bridgehead atoms. The van der Waals surface area contributed by atoms with Gasteiger partial charge in [0, 0.05) is 6.08 Å². The number of nitrogens with zero attached hydrogens (tertiary/aromatic N) is 1. The average Bonchev–Trinajstić information content (AvgIpc) is 3.05. The van der Waals surface area contributed by atoms with Crippen molar-refractivity contribution in [2.24, 2.45) is 0 Å². The van der Waals surface area contributed by atoms with Gasteiger partial charge < -0.3 is 4.42 Å². The number of amides is 1. The fraction of sp³-hybridized carbons (Fsp3) is 0.125. The summed E-state index contributed by atoms with van der Waals surface area (Å²) in [7, 11) is 0. The molecule has 0 radical (unpaired) electrons. The molecular weight excluding hydrogens is 284 g/mol. The topological polar surface area (TPSA) is 55.1 Å². The van der Waals surface area contributed by atoms with E-state index in [9.17, 15) is 4.79 Å². The number of aromatic nitrogens is 1. The fourth-order valence-corrected chi connectivity index (χ4v) is 3.16. The monoisotopic (exact) mass is 298 g/mol. The standard InChI is InChI=1S/C16H14N2O2S/c1-10-8-11(2)15-13(9-10)21-16(18-15)17-14(19)6-5-12-4-3-7-20-12/h3-9H,1-2H3,(H,17,18,19)/b6-5+. The molecule has 0 atom stereocenters. The maximum Gasteiger partial charge on any atom is 0.250 e. The lowest BCUT2D eigenvalue weighted by Gasteiger charge is -1.96. The van der Waals surface area contributed by atoms with E-state index in [0.29, 0.717) is 10.9 Å². The van der Waals surface area contributed by atoms with Crippen LogP contribution in [0, 0.1) is 13.8 Å². The number of aryl methyl sites for hydroxylation is 2. The van der Waals surface area contributed by atoms with Gasteiger partial charge in [-0.3, -0.25) is 10.1 Å². The van der Waals surface area contributed by atoms with Crippen LogP contribution in [0.2, 0.25) is 0 Å². The molecule has 1 N–H and O–H groups in total. The van der Waals surface area contributed by atoms with E-state index in [0.717, 1.165) is 15.8 Å². The third kappa shape index (κ3) is 3.03. The van der Waals surface area contributed by atoms with Crippen molar-refractivity contribution in [1.29, 1.82) is 0 Å². The highest BCUT2D eigenvalue weighted by molar-refractivity contribution is 7.22. The first kappa shape index (κ1) is 13.6. The SMILES string of the molecule is Cc1cc(C)c2nc(NC(=O)/C=C/c3ccco3)sc2c1. The second kappa shape index (κ2) is 5.54. The molecule has 0 saturated heterocycles. The molecule has 0 unspecified atom stereocenters. The number of hydrogen-bond acceptors (Lipinski definition) is 4. The lowest BCUT2D eigenvalue weighted by Crippen LogP contribution is -2.07. The first-order valence-electron chi connectivity index (χ1n) is 6.52. The molecule has 0 aliphatic heterocycles. The van der Waals surface area contributed by atoms with Crippen LogP contribution in [0.3, 0.4) is 0 Å². The van der Waals surface area contributed by atoms with Gasteiger partial charge in [0.1, 0.15) is 5.76 Å². The van der Waals surface area contributed by atoms with Crippen molar-refractivity contribution in [1.82, 2.24) is 4.98 Å². The number of anilines is 1. The molecule has 106 valence electrons. The van der Waals surface area contributed by atoms with Gasteiger partial charge in [-0.05, 0) is 49.2 Å². The van der Waals surface area contributed by atoms with E-state index in [1.165, 1.54) is 23.0 Å². The van der Waals surface area contributed by atoms with Crippen LogP contribution < -0.4 is 5.32 Å². The molecule has 0 aliphatic rings. The lowest BCUT2D eigenvalue weighted by molar-refractivity contribution is -0.111. The number of rotatable bonds is 3. The van der Waals surface area contributed by atoms with Crippen molar-refractivity contribution >= 4 is 38.7 Å². The van der Waals surface area contributed by atoms with Crippen LogP contribution in [0.1, 0.15) is 16.9 Å². The van der Waals surface area contributed by atoms with Gasteiger partial charge in [-0.15, -0.1) is 0 Å². The summed E-state index contributed by atoms with van der Waals surface area (Å²) in [5.41, 5.74) is 3.25. The Morgan fingerprint density at radius 2 is 2.24 bits per heavy atom. The van der Waals surface area contributed by atoms with Crippen LogP contribution in [-0.4, -0.2) is 10.9 Å². The highest BCUT2D eigenvalue weighted by Crippen LogP contribution is 2.29. The van der Waals surface area contributed by atoms with E-state index in [4.69, 9.17) is 4.42 Å². The number of benzene rings is 1. The number of hydrogen-bond donors (Lipinski definition) is 1. The molecular formula is C16H14N2O2S. The molecule has 3 aromatic rings. The minimum atomic E-state index is -0.222. The molecule has 2 aromatic heterocycles. The van der Waals surface area contributed by atoms with E-state index in [2.05, 4.69) is 29.4 Å². The van der Waals surface area contributed by atoms with Crippen LogP contribution in [0.15, 0.2) is 41.0 Å². The predicted molar refractivity (Wildman–Crippen MR) is 85.5 cm³/mol. The van der Waals surface area contributed by atoms with Gasteiger partial charge in [0.25, 0.3) is 0 Å². The smallest absolute Gasteiger partial charge is 0.250 e. The maximum absolute atomic E-state index is 11.9. The number of nitrogens with one attached hydrogen (secondary N) is 1. The number of fused-ring (bicyclic) bond motifs is 1. The Labute approximate surface area is 126 Å². The van der Waals surface area contributed by atoms with Gasteiger partial charge in [-0.25, -0.2) is 4.98 Å². The Bertz CT molecular complexity index is 816. The Morgan fingerprint density at radius 1 is 1.38 bits per heavy atom. The van der Waals surface area contributed by atoms with Crippen LogP contribution in [0.5, 0.6) is 0 Å². The first-order valence-corrected chi connectivity index (χ1v) is 7.34. The number of furan rings is 1. The third-order valence-electron chi connectivity index (χ3n) is 3.00. The predicted octanol–water partition coefficient (Wildman–Crippen LogP) is 4.16. The highest BCUT2D eigenvalue weighted by atomic mass is 32.1. The van der Waals surface area contributed by atoms with Gasteiger partial charge in [0.05, 0.1) is 16.5 Å². The molecule has 1 amide bonds. The Kier molecular flexibility index (Phi) is 3.58. The summed E-state index contributed by atoms with van der Waals surface area (Å²) in [4.78, 5) is 16.3. The van der Waals surface area contributed by atoms with E-state index in [-0.39, 0.29) is 5.91 Å². The molecule has 0 spiro atoms. The zero-order chi connectivity index (χ0) is 14.8. The van der Waals surface area contributed by atoms with Crippen LogP contribution in [0.25, 0.3) is 16.3 Å². The van der Waals surface area contributed by atoms with Crippen molar-refractivity contribution in [3.63, 3.8) is 0 Å². The van der Waals surface area contributed by atoms with Crippen LogP contribution in [0.4, 0.5) is 5.13 Å². The normalized spacial score (nSPS) is 11.3. The molecule has 2 heterocycles. The second-order valence-corrected chi connectivity index (χ2v) is 5.82. The van der Waals surface area contributed by atoms with Crippen molar-refractivity contribution in [2.45, 2.75) is 13.8 Å². The van der Waals surface area contributed by atoms with E-state index >= 15 is 0 Å². The Balaban J connectivity index is 1.78. The summed E-state index contributed by atoms with van der Waals surface area (Å²) in [6.45, 7) is 4.08. The molecule has 4 nitrogen and oxygen atoms in total. The summed E-state index contributed by atoms with van der Waals surface area (Å²) in [6, 6.07) is 7.72.